The minimum Gasteiger partial charge on any atom is -0.465 e. The van der Waals surface area contributed by atoms with E-state index in [1.807, 2.05) is 0 Å². The lowest BCUT2D eigenvalue weighted by Crippen LogP contribution is -2.19. The zero-order valence-corrected chi connectivity index (χ0v) is 14.1. The first-order valence-electron chi connectivity index (χ1n) is 7.43. The smallest absolute Gasteiger partial charge is 0.343 e. The first-order chi connectivity index (χ1) is 12.5. The van der Waals surface area contributed by atoms with E-state index in [0.29, 0.717) is 11.2 Å². The second kappa shape index (κ2) is 5.92. The quantitative estimate of drug-likeness (QED) is 0.505. The number of ether oxygens (including phenoxy) is 1. The van der Waals surface area contributed by atoms with E-state index >= 15 is 0 Å². The number of nitrogens with zero attached hydrogens (tertiary/aromatic N) is 4. The molecule has 0 radical (unpaired) electrons. The van der Waals surface area contributed by atoms with E-state index in [-0.39, 0.29) is 27.2 Å². The van der Waals surface area contributed by atoms with Crippen molar-refractivity contribution in [2.24, 2.45) is 0 Å². The summed E-state index contributed by atoms with van der Waals surface area (Å²) in [4.78, 5) is 28.8. The number of aromatic nitrogens is 4. The molecule has 130 valence electrons. The molecule has 0 aliphatic rings. The lowest BCUT2D eigenvalue weighted by molar-refractivity contribution is 0.0602. The molecule has 0 atom stereocenters. The van der Waals surface area contributed by atoms with Crippen molar-refractivity contribution in [3.05, 3.63) is 69.6 Å². The molecule has 0 saturated carbocycles. The van der Waals surface area contributed by atoms with E-state index in [2.05, 4.69) is 10.1 Å². The van der Waals surface area contributed by atoms with Gasteiger partial charge >= 0.3 is 5.97 Å². The van der Waals surface area contributed by atoms with Crippen LogP contribution in [0.25, 0.3) is 22.2 Å². The molecular weight excluding hydrogens is 363 g/mol. The molecule has 4 rings (SSSR count). The summed E-state index contributed by atoms with van der Waals surface area (Å²) in [5, 5.41) is 4.31. The fourth-order valence-electron chi connectivity index (χ4n) is 2.71. The van der Waals surface area contributed by atoms with Crippen molar-refractivity contribution < 1.29 is 13.9 Å². The van der Waals surface area contributed by atoms with Crippen LogP contribution in [0.15, 0.2) is 47.7 Å². The average Bonchev–Trinajstić information content (AvgIpc) is 3.08. The van der Waals surface area contributed by atoms with Crippen LogP contribution in [0.5, 0.6) is 0 Å². The maximum absolute atomic E-state index is 13.4. The van der Waals surface area contributed by atoms with Gasteiger partial charge in [-0.15, -0.1) is 0 Å². The largest absolute Gasteiger partial charge is 0.465 e. The van der Waals surface area contributed by atoms with Crippen LogP contribution in [0.4, 0.5) is 4.39 Å². The van der Waals surface area contributed by atoms with Crippen molar-refractivity contribution in [2.45, 2.75) is 0 Å². The van der Waals surface area contributed by atoms with Crippen LogP contribution in [0.1, 0.15) is 10.4 Å². The highest BCUT2D eigenvalue weighted by Gasteiger charge is 2.17. The molecule has 0 amide bonds. The molecule has 3 aromatic heterocycles. The summed E-state index contributed by atoms with van der Waals surface area (Å²) in [5.74, 6) is -1.14. The number of rotatable bonds is 2. The van der Waals surface area contributed by atoms with Crippen LogP contribution in [0.2, 0.25) is 5.02 Å². The Morgan fingerprint density at radius 2 is 2.08 bits per heavy atom. The van der Waals surface area contributed by atoms with Crippen LogP contribution in [0.3, 0.4) is 0 Å². The number of esters is 1. The second-order valence-electron chi connectivity index (χ2n) is 5.43. The van der Waals surface area contributed by atoms with Gasteiger partial charge in [-0.1, -0.05) is 11.6 Å². The molecule has 7 nitrogen and oxygen atoms in total. The van der Waals surface area contributed by atoms with Gasteiger partial charge in [-0.05, 0) is 24.3 Å². The fraction of sp³-hybridized carbons (Fsp3) is 0.0588. The van der Waals surface area contributed by atoms with Gasteiger partial charge in [-0.3, -0.25) is 9.36 Å². The van der Waals surface area contributed by atoms with Gasteiger partial charge in [0.2, 0.25) is 0 Å². The molecule has 3 heterocycles. The number of benzene rings is 1. The van der Waals surface area contributed by atoms with Crippen LogP contribution in [-0.4, -0.2) is 32.2 Å². The number of methoxy groups -OCH3 is 1. The van der Waals surface area contributed by atoms with Crippen LogP contribution in [-0.2, 0) is 4.74 Å². The highest BCUT2D eigenvalue weighted by atomic mass is 35.5. The molecular formula is C17H10ClFN4O3. The highest BCUT2D eigenvalue weighted by molar-refractivity contribution is 6.30. The molecule has 0 bridgehead atoms. The Kier molecular flexibility index (Phi) is 3.69. The molecule has 0 fully saturated rings. The van der Waals surface area contributed by atoms with Crippen molar-refractivity contribution in [3.8, 4) is 5.69 Å². The van der Waals surface area contributed by atoms with Gasteiger partial charge in [-0.2, -0.15) is 5.10 Å². The maximum Gasteiger partial charge on any atom is 0.343 e. The maximum atomic E-state index is 13.4. The molecule has 1 aromatic carbocycles. The fourth-order valence-corrected chi connectivity index (χ4v) is 2.88. The summed E-state index contributed by atoms with van der Waals surface area (Å²) in [6.07, 6.45) is 4.22. The van der Waals surface area contributed by atoms with Crippen LogP contribution < -0.4 is 5.56 Å². The van der Waals surface area contributed by atoms with Crippen molar-refractivity contribution in [1.29, 1.82) is 0 Å². The van der Waals surface area contributed by atoms with Gasteiger partial charge < -0.3 is 4.74 Å². The van der Waals surface area contributed by atoms with E-state index in [1.54, 1.807) is 6.07 Å². The minimum atomic E-state index is -0.570. The van der Waals surface area contributed by atoms with Gasteiger partial charge in [0.25, 0.3) is 5.56 Å². The Hall–Kier alpha value is -3.26. The van der Waals surface area contributed by atoms with E-state index in [1.165, 1.54) is 53.0 Å². The average molecular weight is 373 g/mol. The number of carbonyl (C=O) groups excluding carboxylic acids is 1. The molecule has 0 unspecified atom stereocenters. The Balaban J connectivity index is 1.96. The molecule has 9 heteroatoms. The monoisotopic (exact) mass is 372 g/mol. The molecule has 4 aromatic rings. The lowest BCUT2D eigenvalue weighted by atomic mass is 10.2. The molecule has 0 N–H and O–H groups in total. The van der Waals surface area contributed by atoms with Gasteiger partial charge in [-0.25, -0.2) is 18.7 Å². The number of fused-ring (bicyclic) bond motifs is 3. The first kappa shape index (κ1) is 16.2. The van der Waals surface area contributed by atoms with E-state index in [9.17, 15) is 14.0 Å². The first-order valence-corrected chi connectivity index (χ1v) is 7.81. The molecule has 0 spiro atoms. The summed E-state index contributed by atoms with van der Waals surface area (Å²) in [7, 11) is 1.26. The van der Waals surface area contributed by atoms with Gasteiger partial charge in [0.05, 0.1) is 34.9 Å². The van der Waals surface area contributed by atoms with Gasteiger partial charge in [0, 0.05) is 12.4 Å². The topological polar surface area (TPSA) is 78.5 Å². The van der Waals surface area contributed by atoms with Crippen molar-refractivity contribution in [1.82, 2.24) is 19.2 Å². The number of pyridine rings is 1. The molecule has 26 heavy (non-hydrogen) atoms. The van der Waals surface area contributed by atoms with Crippen molar-refractivity contribution in [2.75, 3.05) is 7.11 Å². The Morgan fingerprint density at radius 3 is 2.81 bits per heavy atom. The van der Waals surface area contributed by atoms with Crippen molar-refractivity contribution >= 4 is 34.1 Å². The SMILES string of the molecule is COC(=O)c1cnn2c1ncc1c(=O)n(-c3ccc(F)c(Cl)c3)ccc12. The minimum absolute atomic E-state index is 0.0853. The van der Waals surface area contributed by atoms with Gasteiger partial charge in [0.15, 0.2) is 5.65 Å². The van der Waals surface area contributed by atoms with E-state index in [4.69, 9.17) is 16.3 Å². The molecule has 0 saturated heterocycles. The summed E-state index contributed by atoms with van der Waals surface area (Å²) < 4.78 is 20.8. The Bertz CT molecular complexity index is 1250. The predicted octanol–water partition coefficient (Wildman–Crippen LogP) is 2.61. The predicted molar refractivity (Wildman–Crippen MR) is 92.4 cm³/mol. The number of halogens is 2. The highest BCUT2D eigenvalue weighted by Crippen LogP contribution is 2.20. The Labute approximate surface area is 150 Å². The zero-order chi connectivity index (χ0) is 18.4. The summed E-state index contributed by atoms with van der Waals surface area (Å²) >= 11 is 5.80. The van der Waals surface area contributed by atoms with Crippen LogP contribution in [0, 0.1) is 5.82 Å². The second-order valence-corrected chi connectivity index (χ2v) is 5.84. The van der Waals surface area contributed by atoms with E-state index < -0.39 is 11.8 Å². The number of hydrogen-bond donors (Lipinski definition) is 0. The summed E-state index contributed by atoms with van der Waals surface area (Å²) in [5.41, 5.74) is 0.989. The molecule has 0 aliphatic carbocycles. The zero-order valence-electron chi connectivity index (χ0n) is 13.3. The Morgan fingerprint density at radius 1 is 1.27 bits per heavy atom. The van der Waals surface area contributed by atoms with Crippen LogP contribution >= 0.6 is 11.6 Å². The third kappa shape index (κ3) is 2.34. The standard InChI is InChI=1S/C17H10ClFN4O3/c1-26-17(25)11-8-21-23-14-4-5-22(9-2-3-13(19)12(18)6-9)16(24)10(14)7-20-15(11)23/h2-8H,1H3. The normalized spacial score (nSPS) is 11.2. The lowest BCUT2D eigenvalue weighted by Gasteiger charge is -2.08. The number of hydrogen-bond acceptors (Lipinski definition) is 5. The third-order valence-electron chi connectivity index (χ3n) is 3.98. The third-order valence-corrected chi connectivity index (χ3v) is 4.27. The number of carbonyl (C=O) groups is 1. The van der Waals surface area contributed by atoms with Crippen molar-refractivity contribution in [3.63, 3.8) is 0 Å². The van der Waals surface area contributed by atoms with Gasteiger partial charge in [0.1, 0.15) is 11.4 Å². The van der Waals surface area contributed by atoms with E-state index in [0.717, 1.165) is 0 Å². The summed E-state index contributed by atoms with van der Waals surface area (Å²) in [6.45, 7) is 0. The molecule has 0 aliphatic heterocycles. The summed E-state index contributed by atoms with van der Waals surface area (Å²) in [6, 6.07) is 5.64.